The Hall–Kier alpha value is -0.160. The van der Waals surface area contributed by atoms with Gasteiger partial charge in [-0.05, 0) is 47.1 Å². The molecule has 2 heterocycles. The smallest absolute Gasteiger partial charge is 0.0589 e. The highest BCUT2D eigenvalue weighted by Crippen LogP contribution is 2.28. The van der Waals surface area contributed by atoms with Gasteiger partial charge in [0.05, 0.1) is 5.54 Å². The first-order valence-electron chi connectivity index (χ1n) is 7.44. The Labute approximate surface area is 112 Å². The lowest BCUT2D eigenvalue weighted by atomic mass is 9.95. The number of likely N-dealkylation sites (tertiary alicyclic amines) is 1. The maximum atomic E-state index is 6.09. The van der Waals surface area contributed by atoms with E-state index in [0.717, 1.165) is 19.5 Å². The van der Waals surface area contributed by atoms with E-state index in [-0.39, 0.29) is 5.54 Å². The molecular weight excluding hydrogens is 224 g/mol. The van der Waals surface area contributed by atoms with E-state index in [1.54, 1.807) is 0 Å². The average Bonchev–Trinajstić information content (AvgIpc) is 2.61. The fourth-order valence-electron chi connectivity index (χ4n) is 3.61. The minimum absolute atomic E-state index is 0.0774. The van der Waals surface area contributed by atoms with Crippen molar-refractivity contribution >= 4 is 0 Å². The highest BCUT2D eigenvalue weighted by Gasteiger charge is 2.42. The summed E-state index contributed by atoms with van der Waals surface area (Å²) in [6, 6.07) is 1.87. The molecule has 106 valence electrons. The maximum absolute atomic E-state index is 6.09. The van der Waals surface area contributed by atoms with Gasteiger partial charge in [-0.25, -0.2) is 10.4 Å². The van der Waals surface area contributed by atoms with E-state index in [4.69, 9.17) is 5.73 Å². The quantitative estimate of drug-likeness (QED) is 0.794. The zero-order valence-corrected chi connectivity index (χ0v) is 12.4. The minimum atomic E-state index is 0.0774. The third-order valence-electron chi connectivity index (χ3n) is 4.94. The predicted octanol–water partition coefficient (Wildman–Crippen LogP) is 1.18. The molecule has 2 saturated heterocycles. The Morgan fingerprint density at radius 2 is 1.78 bits per heavy atom. The number of hydrogen-bond acceptors (Lipinski definition) is 4. The van der Waals surface area contributed by atoms with E-state index < -0.39 is 0 Å². The lowest BCUT2D eigenvalue weighted by Gasteiger charge is -2.45. The van der Waals surface area contributed by atoms with Crippen molar-refractivity contribution in [3.05, 3.63) is 0 Å². The number of nitrogens with two attached hydrogens (primary N) is 1. The molecule has 0 aliphatic carbocycles. The van der Waals surface area contributed by atoms with Crippen LogP contribution >= 0.6 is 0 Å². The van der Waals surface area contributed by atoms with E-state index in [9.17, 15) is 0 Å². The van der Waals surface area contributed by atoms with Gasteiger partial charge in [-0.1, -0.05) is 6.42 Å². The van der Waals surface area contributed by atoms with Crippen molar-refractivity contribution in [3.8, 4) is 0 Å². The van der Waals surface area contributed by atoms with Crippen LogP contribution in [0.15, 0.2) is 0 Å². The molecule has 0 bridgehead atoms. The van der Waals surface area contributed by atoms with Gasteiger partial charge in [-0.15, -0.1) is 0 Å². The minimum Gasteiger partial charge on any atom is -0.329 e. The van der Waals surface area contributed by atoms with Crippen LogP contribution in [0.1, 0.15) is 46.5 Å². The van der Waals surface area contributed by atoms with E-state index in [0.29, 0.717) is 18.1 Å². The number of piperidine rings is 1. The molecular formula is C14H30N4. The first kappa shape index (κ1) is 14.3. The van der Waals surface area contributed by atoms with Crippen LogP contribution in [0, 0.1) is 0 Å². The van der Waals surface area contributed by atoms with Crippen molar-refractivity contribution in [1.29, 1.82) is 0 Å². The molecule has 3 N–H and O–H groups in total. The summed E-state index contributed by atoms with van der Waals surface area (Å²) in [5.41, 5.74) is 9.97. The van der Waals surface area contributed by atoms with Crippen molar-refractivity contribution in [2.45, 2.75) is 70.1 Å². The molecule has 18 heavy (non-hydrogen) atoms. The SMILES string of the molecule is CC1CC(CN)(NN2C(C)CCCC2C)CN1C. The van der Waals surface area contributed by atoms with Gasteiger partial charge in [0.15, 0.2) is 0 Å². The molecule has 4 nitrogen and oxygen atoms in total. The van der Waals surface area contributed by atoms with Gasteiger partial charge in [-0.3, -0.25) is 0 Å². The van der Waals surface area contributed by atoms with Crippen LogP contribution in [-0.4, -0.2) is 53.7 Å². The number of hydrogen-bond donors (Lipinski definition) is 2. The van der Waals surface area contributed by atoms with Crippen LogP contribution in [-0.2, 0) is 0 Å². The summed E-state index contributed by atoms with van der Waals surface area (Å²) >= 11 is 0. The van der Waals surface area contributed by atoms with Crippen LogP contribution in [0.25, 0.3) is 0 Å². The fourth-order valence-corrected chi connectivity index (χ4v) is 3.61. The second kappa shape index (κ2) is 5.45. The van der Waals surface area contributed by atoms with Gasteiger partial charge in [0, 0.05) is 31.2 Å². The Morgan fingerprint density at radius 3 is 2.22 bits per heavy atom. The second-order valence-corrected chi connectivity index (χ2v) is 6.60. The first-order chi connectivity index (χ1) is 8.47. The first-order valence-corrected chi connectivity index (χ1v) is 7.44. The van der Waals surface area contributed by atoms with Crippen molar-refractivity contribution < 1.29 is 0 Å². The molecule has 0 aromatic carbocycles. The molecule has 4 atom stereocenters. The van der Waals surface area contributed by atoms with Gasteiger partial charge in [-0.2, -0.15) is 0 Å². The molecule has 0 aromatic heterocycles. The van der Waals surface area contributed by atoms with E-state index >= 15 is 0 Å². The standard InChI is InChI=1S/C14H30N4/c1-11-6-5-7-12(2)18(11)16-14(9-15)8-13(3)17(4)10-14/h11-13,16H,5-10,15H2,1-4H3. The van der Waals surface area contributed by atoms with E-state index in [1.165, 1.54) is 19.3 Å². The molecule has 0 saturated carbocycles. The zero-order chi connectivity index (χ0) is 13.3. The molecule has 0 radical (unpaired) electrons. The van der Waals surface area contributed by atoms with E-state index in [1.807, 2.05) is 0 Å². The van der Waals surface area contributed by atoms with Crippen LogP contribution in [0.3, 0.4) is 0 Å². The molecule has 4 heteroatoms. The highest BCUT2D eigenvalue weighted by molar-refractivity contribution is 5.01. The Balaban J connectivity index is 2.06. The molecule has 2 rings (SSSR count). The fraction of sp³-hybridized carbons (Fsp3) is 1.00. The summed E-state index contributed by atoms with van der Waals surface area (Å²) in [5, 5.41) is 2.47. The monoisotopic (exact) mass is 254 g/mol. The largest absolute Gasteiger partial charge is 0.329 e. The third kappa shape index (κ3) is 2.72. The number of hydrazine groups is 1. The predicted molar refractivity (Wildman–Crippen MR) is 76.2 cm³/mol. The number of likely N-dealkylation sites (N-methyl/N-ethyl adjacent to an activating group) is 1. The van der Waals surface area contributed by atoms with Crippen molar-refractivity contribution in [3.63, 3.8) is 0 Å². The lowest BCUT2D eigenvalue weighted by molar-refractivity contribution is 0.00466. The van der Waals surface area contributed by atoms with Gasteiger partial charge in [0.2, 0.25) is 0 Å². The number of nitrogens with zero attached hydrogens (tertiary/aromatic N) is 2. The molecule has 4 unspecified atom stereocenters. The summed E-state index contributed by atoms with van der Waals surface area (Å²) in [7, 11) is 2.20. The Kier molecular flexibility index (Phi) is 4.32. The van der Waals surface area contributed by atoms with Crippen LogP contribution in [0.5, 0.6) is 0 Å². The normalized spacial score (nSPS) is 43.5. The molecule has 0 spiro atoms. The number of rotatable bonds is 3. The lowest BCUT2D eigenvalue weighted by Crippen LogP contribution is -2.64. The zero-order valence-electron chi connectivity index (χ0n) is 12.4. The Morgan fingerprint density at radius 1 is 1.17 bits per heavy atom. The molecule has 0 amide bonds. The van der Waals surface area contributed by atoms with Crippen LogP contribution in [0.4, 0.5) is 0 Å². The summed E-state index contributed by atoms with van der Waals surface area (Å²) in [5.74, 6) is 0. The van der Waals surface area contributed by atoms with Crippen molar-refractivity contribution in [1.82, 2.24) is 15.3 Å². The molecule has 0 aromatic rings. The van der Waals surface area contributed by atoms with Gasteiger partial charge in [0.25, 0.3) is 0 Å². The van der Waals surface area contributed by atoms with Crippen LogP contribution in [0.2, 0.25) is 0 Å². The second-order valence-electron chi connectivity index (χ2n) is 6.60. The average molecular weight is 254 g/mol. The third-order valence-corrected chi connectivity index (χ3v) is 4.94. The Bertz CT molecular complexity index is 261. The van der Waals surface area contributed by atoms with Crippen LogP contribution < -0.4 is 11.2 Å². The molecule has 2 aliphatic heterocycles. The summed E-state index contributed by atoms with van der Waals surface area (Å²) in [6.07, 6.45) is 5.09. The van der Waals surface area contributed by atoms with Gasteiger partial charge in [0.1, 0.15) is 0 Å². The van der Waals surface area contributed by atoms with Crippen molar-refractivity contribution in [2.75, 3.05) is 20.1 Å². The van der Waals surface area contributed by atoms with Gasteiger partial charge >= 0.3 is 0 Å². The topological polar surface area (TPSA) is 44.5 Å². The summed E-state index contributed by atoms with van der Waals surface area (Å²) in [4.78, 5) is 2.42. The van der Waals surface area contributed by atoms with E-state index in [2.05, 4.69) is 43.2 Å². The highest BCUT2D eigenvalue weighted by atomic mass is 15.6. The molecule has 2 aliphatic rings. The maximum Gasteiger partial charge on any atom is 0.0589 e. The molecule has 2 fully saturated rings. The number of nitrogens with one attached hydrogen (secondary N) is 1. The van der Waals surface area contributed by atoms with Crippen molar-refractivity contribution in [2.24, 2.45) is 5.73 Å². The summed E-state index contributed by atoms with van der Waals surface area (Å²) in [6.45, 7) is 8.73. The summed E-state index contributed by atoms with van der Waals surface area (Å²) < 4.78 is 0. The van der Waals surface area contributed by atoms with Gasteiger partial charge < -0.3 is 10.6 Å².